The van der Waals surface area contributed by atoms with Gasteiger partial charge in [0.15, 0.2) is 0 Å². The van der Waals surface area contributed by atoms with Crippen molar-refractivity contribution in [2.75, 3.05) is 19.6 Å². The number of likely N-dealkylation sites (tertiary alicyclic amines) is 2. The number of halogens is 1. The first-order valence-corrected chi connectivity index (χ1v) is 11.9. The fourth-order valence-electron chi connectivity index (χ4n) is 5.44. The first-order valence-electron chi connectivity index (χ1n) is 11.9. The first-order chi connectivity index (χ1) is 15.8. The van der Waals surface area contributed by atoms with E-state index < -0.39 is 5.97 Å². The molecule has 2 fully saturated rings. The molecule has 1 amide bonds. The van der Waals surface area contributed by atoms with Crippen molar-refractivity contribution in [2.24, 2.45) is 11.3 Å². The second-order valence-corrected chi connectivity index (χ2v) is 10.1. The number of carbonyl (C=O) groups excluding carboxylic acids is 1. The summed E-state index contributed by atoms with van der Waals surface area (Å²) in [5, 5.41) is 9.24. The Labute approximate surface area is 195 Å². The topological polar surface area (TPSA) is 60.9 Å². The van der Waals surface area contributed by atoms with Crippen LogP contribution in [-0.4, -0.2) is 52.5 Å². The second kappa shape index (κ2) is 9.64. The predicted molar refractivity (Wildman–Crippen MR) is 125 cm³/mol. The average Bonchev–Trinajstić information content (AvgIpc) is 3.02. The summed E-state index contributed by atoms with van der Waals surface area (Å²) < 4.78 is 13.4. The van der Waals surface area contributed by atoms with Gasteiger partial charge in [0.05, 0.1) is 11.0 Å². The molecule has 4 rings (SSSR count). The number of hydrogen-bond acceptors (Lipinski definition) is 3. The molecule has 1 unspecified atom stereocenters. The Morgan fingerprint density at radius 1 is 1.12 bits per heavy atom. The molecule has 1 N–H and O–H groups in total. The van der Waals surface area contributed by atoms with Gasteiger partial charge in [-0.25, -0.2) is 9.18 Å². The number of benzene rings is 2. The quantitative estimate of drug-likeness (QED) is 0.667. The summed E-state index contributed by atoms with van der Waals surface area (Å²) in [6.07, 6.45) is 3.24. The van der Waals surface area contributed by atoms with Crippen molar-refractivity contribution < 1.29 is 19.1 Å². The van der Waals surface area contributed by atoms with E-state index in [4.69, 9.17) is 0 Å². The van der Waals surface area contributed by atoms with Gasteiger partial charge in [-0.05, 0) is 80.1 Å². The molecule has 1 spiro atoms. The van der Waals surface area contributed by atoms with E-state index in [0.717, 1.165) is 56.4 Å². The number of rotatable bonds is 7. The lowest BCUT2D eigenvalue weighted by atomic mass is 9.75. The predicted octanol–water partition coefficient (Wildman–Crippen LogP) is 4.61. The van der Waals surface area contributed by atoms with Crippen LogP contribution in [0.5, 0.6) is 0 Å². The van der Waals surface area contributed by atoms with Gasteiger partial charge in [-0.15, -0.1) is 0 Å². The van der Waals surface area contributed by atoms with Crippen molar-refractivity contribution in [3.8, 4) is 0 Å². The van der Waals surface area contributed by atoms with E-state index in [1.807, 2.05) is 18.2 Å². The van der Waals surface area contributed by atoms with Crippen LogP contribution in [0.25, 0.3) is 0 Å². The van der Waals surface area contributed by atoms with Crippen LogP contribution in [0, 0.1) is 17.2 Å². The van der Waals surface area contributed by atoms with Crippen LogP contribution in [0.4, 0.5) is 4.39 Å². The van der Waals surface area contributed by atoms with Crippen LogP contribution in [0.1, 0.15) is 54.6 Å². The van der Waals surface area contributed by atoms with E-state index in [-0.39, 0.29) is 23.2 Å². The summed E-state index contributed by atoms with van der Waals surface area (Å²) in [5.41, 5.74) is 2.04. The number of hydrogen-bond donors (Lipinski definition) is 1. The van der Waals surface area contributed by atoms with Crippen molar-refractivity contribution in [2.45, 2.75) is 52.1 Å². The number of nitrogens with zero attached hydrogens (tertiary/aromatic N) is 2. The van der Waals surface area contributed by atoms with E-state index in [1.54, 1.807) is 18.2 Å². The molecule has 2 aliphatic rings. The second-order valence-electron chi connectivity index (χ2n) is 10.1. The number of piperidine rings is 1. The van der Waals surface area contributed by atoms with Crippen LogP contribution in [0.15, 0.2) is 48.5 Å². The van der Waals surface area contributed by atoms with Crippen molar-refractivity contribution in [1.29, 1.82) is 0 Å². The number of aromatic carboxylic acids is 1. The molecule has 2 saturated heterocycles. The van der Waals surface area contributed by atoms with E-state index in [1.165, 1.54) is 12.1 Å². The van der Waals surface area contributed by atoms with Crippen molar-refractivity contribution in [3.63, 3.8) is 0 Å². The number of carboxylic acid groups (broad SMARTS) is 1. The number of carboxylic acids is 1. The van der Waals surface area contributed by atoms with Gasteiger partial charge in [0.1, 0.15) is 5.82 Å². The molecule has 33 heavy (non-hydrogen) atoms. The fraction of sp³-hybridized carbons (Fsp3) is 0.481. The van der Waals surface area contributed by atoms with Gasteiger partial charge in [-0.3, -0.25) is 9.69 Å². The van der Waals surface area contributed by atoms with Crippen molar-refractivity contribution >= 4 is 11.9 Å². The summed E-state index contributed by atoms with van der Waals surface area (Å²) in [4.78, 5) is 29.3. The van der Waals surface area contributed by atoms with Gasteiger partial charge < -0.3 is 10.0 Å². The molecule has 0 aliphatic carbocycles. The molecule has 0 aromatic heterocycles. The zero-order valence-electron chi connectivity index (χ0n) is 19.5. The highest BCUT2D eigenvalue weighted by atomic mass is 19.1. The minimum atomic E-state index is -0.913. The maximum absolute atomic E-state index is 13.6. The normalized spacial score (nSPS) is 20.7. The lowest BCUT2D eigenvalue weighted by Gasteiger charge is -2.38. The third-order valence-corrected chi connectivity index (χ3v) is 7.12. The largest absolute Gasteiger partial charge is 0.478 e. The third-order valence-electron chi connectivity index (χ3n) is 7.12. The highest BCUT2D eigenvalue weighted by Gasteiger charge is 2.52. The van der Waals surface area contributed by atoms with Crippen LogP contribution >= 0.6 is 0 Å². The van der Waals surface area contributed by atoms with E-state index in [0.29, 0.717) is 18.0 Å². The fourth-order valence-corrected chi connectivity index (χ4v) is 5.44. The lowest BCUT2D eigenvalue weighted by Crippen LogP contribution is -2.45. The molecule has 0 saturated carbocycles. The summed E-state index contributed by atoms with van der Waals surface area (Å²) in [7, 11) is 0. The Hall–Kier alpha value is -2.73. The Morgan fingerprint density at radius 3 is 2.45 bits per heavy atom. The Kier molecular flexibility index (Phi) is 6.84. The first kappa shape index (κ1) is 23.4. The molecule has 1 atom stereocenters. The standard InChI is InChI=1S/C27H33FN2O3/c1-19(2)17-30-24(15-20-6-8-23(28)9-7-20)16-27(26(30)33)10-12-29(13-11-27)18-21-4-3-5-22(14-21)25(31)32/h3-9,14,19,24H,10-13,15-18H2,1-2H3,(H,31,32). The molecule has 2 aromatic carbocycles. The smallest absolute Gasteiger partial charge is 0.335 e. The summed E-state index contributed by atoms with van der Waals surface area (Å²) in [6.45, 7) is 7.37. The molecule has 0 radical (unpaired) electrons. The minimum absolute atomic E-state index is 0.143. The van der Waals surface area contributed by atoms with E-state index in [9.17, 15) is 19.1 Å². The van der Waals surface area contributed by atoms with Crippen LogP contribution in [0.3, 0.4) is 0 Å². The Balaban J connectivity index is 1.44. The van der Waals surface area contributed by atoms with Crippen molar-refractivity contribution in [3.05, 3.63) is 71.0 Å². The van der Waals surface area contributed by atoms with Crippen LogP contribution in [-0.2, 0) is 17.8 Å². The van der Waals surface area contributed by atoms with Gasteiger partial charge in [-0.2, -0.15) is 0 Å². The van der Waals surface area contributed by atoms with Gasteiger partial charge in [0.2, 0.25) is 5.91 Å². The molecule has 2 heterocycles. The van der Waals surface area contributed by atoms with Gasteiger partial charge in [0, 0.05) is 19.1 Å². The van der Waals surface area contributed by atoms with Crippen LogP contribution < -0.4 is 0 Å². The SMILES string of the molecule is CC(C)CN1C(=O)C2(CCN(Cc3cccc(C(=O)O)c3)CC2)CC1Cc1ccc(F)cc1. The maximum Gasteiger partial charge on any atom is 0.335 e. The van der Waals surface area contributed by atoms with Gasteiger partial charge in [0.25, 0.3) is 0 Å². The molecule has 176 valence electrons. The third kappa shape index (κ3) is 5.27. The summed E-state index contributed by atoms with van der Waals surface area (Å²) >= 11 is 0. The van der Waals surface area contributed by atoms with Gasteiger partial charge >= 0.3 is 5.97 Å². The Morgan fingerprint density at radius 2 is 1.82 bits per heavy atom. The molecule has 2 aliphatic heterocycles. The molecule has 5 nitrogen and oxygen atoms in total. The van der Waals surface area contributed by atoms with Crippen LogP contribution in [0.2, 0.25) is 0 Å². The number of carbonyl (C=O) groups is 2. The van der Waals surface area contributed by atoms with E-state index >= 15 is 0 Å². The molecular weight excluding hydrogens is 419 g/mol. The molecular formula is C27H33FN2O3. The maximum atomic E-state index is 13.6. The zero-order chi connectivity index (χ0) is 23.6. The highest BCUT2D eigenvalue weighted by Crippen LogP contribution is 2.45. The van der Waals surface area contributed by atoms with Crippen molar-refractivity contribution in [1.82, 2.24) is 9.80 Å². The Bertz CT molecular complexity index is 997. The average molecular weight is 453 g/mol. The number of amides is 1. The monoisotopic (exact) mass is 452 g/mol. The molecule has 6 heteroatoms. The summed E-state index contributed by atoms with van der Waals surface area (Å²) in [6, 6.07) is 13.9. The zero-order valence-corrected chi connectivity index (χ0v) is 19.5. The highest BCUT2D eigenvalue weighted by molar-refractivity contribution is 5.87. The lowest BCUT2D eigenvalue weighted by molar-refractivity contribution is -0.139. The van der Waals surface area contributed by atoms with Gasteiger partial charge in [-0.1, -0.05) is 38.1 Å². The molecule has 2 aromatic rings. The summed E-state index contributed by atoms with van der Waals surface area (Å²) in [5.74, 6) is -0.487. The molecule has 0 bridgehead atoms. The van der Waals surface area contributed by atoms with E-state index in [2.05, 4.69) is 23.6 Å². The minimum Gasteiger partial charge on any atom is -0.478 e.